The van der Waals surface area contributed by atoms with E-state index in [1.165, 1.54) is 19.4 Å². The van der Waals surface area contributed by atoms with E-state index in [1.807, 2.05) is 0 Å². The molecule has 0 radical (unpaired) electrons. The third kappa shape index (κ3) is 4.40. The fraction of sp³-hybridized carbons (Fsp3) is 1.00. The van der Waals surface area contributed by atoms with E-state index >= 15 is 0 Å². The van der Waals surface area contributed by atoms with E-state index in [0.29, 0.717) is 0 Å². The molecule has 0 amide bonds. The smallest absolute Gasteiger partial charge is 0.0448 e. The zero-order valence-electron chi connectivity index (χ0n) is 9.47. The maximum absolute atomic E-state index is 8.89. The summed E-state index contributed by atoms with van der Waals surface area (Å²) < 4.78 is 0. The predicted octanol–water partition coefficient (Wildman–Crippen LogP) is 0.737. The zero-order chi connectivity index (χ0) is 10.4. The number of hydrogen-bond donors (Lipinski definition) is 3. The molecule has 0 spiro atoms. The minimum atomic E-state index is 0.0756. The van der Waals surface area contributed by atoms with Crippen molar-refractivity contribution in [1.29, 1.82) is 0 Å². The van der Waals surface area contributed by atoms with Crippen LogP contribution in [0.25, 0.3) is 0 Å². The van der Waals surface area contributed by atoms with Crippen molar-refractivity contribution in [1.82, 2.24) is 10.6 Å². The Bertz CT molecular complexity index is 153. The van der Waals surface area contributed by atoms with E-state index in [0.717, 1.165) is 25.4 Å². The van der Waals surface area contributed by atoms with Crippen LogP contribution in [0.15, 0.2) is 0 Å². The fourth-order valence-electron chi connectivity index (χ4n) is 1.89. The van der Waals surface area contributed by atoms with Gasteiger partial charge in [-0.25, -0.2) is 0 Å². The Labute approximate surface area is 87.3 Å². The van der Waals surface area contributed by atoms with Gasteiger partial charge in [0.2, 0.25) is 0 Å². The summed E-state index contributed by atoms with van der Waals surface area (Å²) in [5, 5.41) is 15.8. The van der Waals surface area contributed by atoms with Crippen molar-refractivity contribution in [3.8, 4) is 0 Å². The lowest BCUT2D eigenvalue weighted by Gasteiger charge is -2.30. The van der Waals surface area contributed by atoms with Gasteiger partial charge < -0.3 is 15.7 Å². The van der Waals surface area contributed by atoms with Crippen molar-refractivity contribution >= 4 is 0 Å². The first-order valence-corrected chi connectivity index (χ1v) is 5.71. The molecule has 3 N–H and O–H groups in total. The normalized spacial score (nSPS) is 23.8. The van der Waals surface area contributed by atoms with Gasteiger partial charge in [-0.3, -0.25) is 0 Å². The van der Waals surface area contributed by atoms with Crippen LogP contribution in [0, 0.1) is 5.92 Å². The second-order valence-electron chi connectivity index (χ2n) is 4.95. The SMILES string of the molecule is CC(C)(CCO)NCC1CCCNC1. The molecule has 0 aromatic carbocycles. The van der Waals surface area contributed by atoms with Gasteiger partial charge in [0.25, 0.3) is 0 Å². The second kappa shape index (κ2) is 5.69. The molecule has 1 saturated heterocycles. The van der Waals surface area contributed by atoms with Crippen molar-refractivity contribution < 1.29 is 5.11 Å². The van der Waals surface area contributed by atoms with E-state index in [-0.39, 0.29) is 12.1 Å². The lowest BCUT2D eigenvalue weighted by molar-refractivity contribution is 0.220. The monoisotopic (exact) mass is 200 g/mol. The van der Waals surface area contributed by atoms with Crippen LogP contribution in [-0.4, -0.2) is 36.9 Å². The van der Waals surface area contributed by atoms with Crippen LogP contribution in [-0.2, 0) is 0 Å². The summed E-state index contributed by atoms with van der Waals surface area (Å²) in [4.78, 5) is 0. The Kier molecular flexibility index (Phi) is 4.85. The summed E-state index contributed by atoms with van der Waals surface area (Å²) in [6, 6.07) is 0. The lowest BCUT2D eigenvalue weighted by Crippen LogP contribution is -2.45. The fourth-order valence-corrected chi connectivity index (χ4v) is 1.89. The largest absolute Gasteiger partial charge is 0.396 e. The van der Waals surface area contributed by atoms with Crippen molar-refractivity contribution in [2.45, 2.75) is 38.6 Å². The van der Waals surface area contributed by atoms with Crippen molar-refractivity contribution in [2.75, 3.05) is 26.2 Å². The maximum atomic E-state index is 8.89. The van der Waals surface area contributed by atoms with E-state index in [2.05, 4.69) is 24.5 Å². The van der Waals surface area contributed by atoms with Crippen LogP contribution in [0.2, 0.25) is 0 Å². The molecule has 0 saturated carbocycles. The number of aliphatic hydroxyl groups is 1. The summed E-state index contributed by atoms with van der Waals surface area (Å²) in [6.45, 7) is 7.96. The van der Waals surface area contributed by atoms with Gasteiger partial charge in [-0.1, -0.05) is 0 Å². The van der Waals surface area contributed by atoms with Gasteiger partial charge in [-0.2, -0.15) is 0 Å². The highest BCUT2D eigenvalue weighted by atomic mass is 16.3. The van der Waals surface area contributed by atoms with Crippen molar-refractivity contribution in [2.24, 2.45) is 5.92 Å². The molecule has 1 aliphatic heterocycles. The average molecular weight is 200 g/mol. The average Bonchev–Trinajstić information content (AvgIpc) is 2.17. The second-order valence-corrected chi connectivity index (χ2v) is 4.95. The van der Waals surface area contributed by atoms with E-state index < -0.39 is 0 Å². The Balaban J connectivity index is 2.17. The Morgan fingerprint density at radius 1 is 1.50 bits per heavy atom. The van der Waals surface area contributed by atoms with Gasteiger partial charge in [-0.15, -0.1) is 0 Å². The van der Waals surface area contributed by atoms with E-state index in [4.69, 9.17) is 5.11 Å². The zero-order valence-corrected chi connectivity index (χ0v) is 9.47. The highest BCUT2D eigenvalue weighted by Gasteiger charge is 2.19. The molecule has 1 atom stereocenters. The molecule has 1 heterocycles. The van der Waals surface area contributed by atoms with Gasteiger partial charge >= 0.3 is 0 Å². The highest BCUT2D eigenvalue weighted by Crippen LogP contribution is 2.12. The van der Waals surface area contributed by atoms with Crippen molar-refractivity contribution in [3.63, 3.8) is 0 Å². The minimum absolute atomic E-state index is 0.0756. The highest BCUT2D eigenvalue weighted by molar-refractivity contribution is 4.80. The van der Waals surface area contributed by atoms with E-state index in [9.17, 15) is 0 Å². The van der Waals surface area contributed by atoms with Gasteiger partial charge in [0, 0.05) is 12.1 Å². The molecular formula is C11H24N2O. The van der Waals surface area contributed by atoms with E-state index in [1.54, 1.807) is 0 Å². The lowest BCUT2D eigenvalue weighted by atomic mass is 9.96. The Hall–Kier alpha value is -0.120. The first-order valence-electron chi connectivity index (χ1n) is 5.71. The molecule has 14 heavy (non-hydrogen) atoms. The molecule has 0 aromatic rings. The molecule has 3 nitrogen and oxygen atoms in total. The van der Waals surface area contributed by atoms with Crippen LogP contribution in [0.3, 0.4) is 0 Å². The van der Waals surface area contributed by atoms with Crippen LogP contribution >= 0.6 is 0 Å². The molecule has 3 heteroatoms. The molecule has 1 unspecified atom stereocenters. The van der Waals surface area contributed by atoms with Crippen LogP contribution < -0.4 is 10.6 Å². The summed E-state index contributed by atoms with van der Waals surface area (Å²) in [7, 11) is 0. The molecule has 84 valence electrons. The number of piperidine rings is 1. The van der Waals surface area contributed by atoms with Crippen molar-refractivity contribution in [3.05, 3.63) is 0 Å². The molecule has 0 aromatic heterocycles. The standard InChI is InChI=1S/C11H24N2O/c1-11(2,5-7-14)13-9-10-4-3-6-12-8-10/h10,12-14H,3-9H2,1-2H3. The molecule has 0 aliphatic carbocycles. The predicted molar refractivity (Wildman–Crippen MR) is 59.4 cm³/mol. The number of nitrogens with one attached hydrogen (secondary N) is 2. The first kappa shape index (κ1) is 12.0. The van der Waals surface area contributed by atoms with Gasteiger partial charge in [-0.05, 0) is 58.7 Å². The number of rotatable bonds is 5. The topological polar surface area (TPSA) is 44.3 Å². The minimum Gasteiger partial charge on any atom is -0.396 e. The first-order chi connectivity index (χ1) is 6.64. The number of aliphatic hydroxyl groups excluding tert-OH is 1. The maximum Gasteiger partial charge on any atom is 0.0448 e. The molecule has 1 rings (SSSR count). The Morgan fingerprint density at radius 2 is 2.29 bits per heavy atom. The molecule has 0 bridgehead atoms. The summed E-state index contributed by atoms with van der Waals surface area (Å²) in [5.41, 5.74) is 0.0756. The van der Waals surface area contributed by atoms with Crippen LogP contribution in [0.5, 0.6) is 0 Å². The Morgan fingerprint density at radius 3 is 2.86 bits per heavy atom. The van der Waals surface area contributed by atoms with Crippen LogP contribution in [0.1, 0.15) is 33.1 Å². The van der Waals surface area contributed by atoms with Gasteiger partial charge in [0.1, 0.15) is 0 Å². The summed E-state index contributed by atoms with van der Waals surface area (Å²) in [5.74, 6) is 0.765. The van der Waals surface area contributed by atoms with Gasteiger partial charge in [0.15, 0.2) is 0 Å². The summed E-state index contributed by atoms with van der Waals surface area (Å²) >= 11 is 0. The summed E-state index contributed by atoms with van der Waals surface area (Å²) in [6.07, 6.45) is 3.45. The quantitative estimate of drug-likeness (QED) is 0.613. The molecular weight excluding hydrogens is 176 g/mol. The third-order valence-electron chi connectivity index (χ3n) is 3.01. The number of hydrogen-bond acceptors (Lipinski definition) is 3. The third-order valence-corrected chi connectivity index (χ3v) is 3.01. The van der Waals surface area contributed by atoms with Crippen LogP contribution in [0.4, 0.5) is 0 Å². The molecule has 1 aliphatic rings. The van der Waals surface area contributed by atoms with Gasteiger partial charge in [0.05, 0.1) is 0 Å². The molecule has 1 fully saturated rings.